The number of hydrogen-bond acceptors (Lipinski definition) is 5. The van der Waals surface area contributed by atoms with Crippen molar-refractivity contribution in [1.29, 1.82) is 0 Å². The van der Waals surface area contributed by atoms with E-state index in [1.54, 1.807) is 0 Å². The van der Waals surface area contributed by atoms with Gasteiger partial charge in [-0.05, 0) is 50.2 Å². The van der Waals surface area contributed by atoms with Crippen molar-refractivity contribution < 1.29 is 27.1 Å². The Kier molecular flexibility index (Phi) is 4.98. The Balaban J connectivity index is 1.69. The average Bonchev–Trinajstić information content (AvgIpc) is 3.12. The predicted molar refractivity (Wildman–Crippen MR) is 89.7 cm³/mol. The summed E-state index contributed by atoms with van der Waals surface area (Å²) in [4.78, 5) is 12.1. The first-order valence-electron chi connectivity index (χ1n) is 8.03. The zero-order valence-electron chi connectivity index (χ0n) is 14.4. The molecular formula is C19H15F3N2O3. The van der Waals surface area contributed by atoms with Gasteiger partial charge < -0.3 is 9.15 Å². The van der Waals surface area contributed by atoms with Crippen molar-refractivity contribution in [1.82, 2.24) is 10.2 Å². The van der Waals surface area contributed by atoms with Crippen molar-refractivity contribution in [2.24, 2.45) is 0 Å². The van der Waals surface area contributed by atoms with Gasteiger partial charge in [-0.1, -0.05) is 17.7 Å². The summed E-state index contributed by atoms with van der Waals surface area (Å²) in [7, 11) is 0. The molecule has 0 amide bonds. The molecule has 0 fully saturated rings. The van der Waals surface area contributed by atoms with Crippen molar-refractivity contribution in [3.8, 4) is 11.5 Å². The summed E-state index contributed by atoms with van der Waals surface area (Å²) in [5.41, 5.74) is 0.956. The van der Waals surface area contributed by atoms with E-state index >= 15 is 0 Å². The molecule has 1 heterocycles. The molecule has 0 aliphatic heterocycles. The fourth-order valence-corrected chi connectivity index (χ4v) is 2.29. The number of benzene rings is 2. The number of alkyl halides is 3. The van der Waals surface area contributed by atoms with Crippen LogP contribution in [0.5, 0.6) is 0 Å². The lowest BCUT2D eigenvalue weighted by Crippen LogP contribution is -2.11. The van der Waals surface area contributed by atoms with Gasteiger partial charge in [-0.15, -0.1) is 10.2 Å². The van der Waals surface area contributed by atoms with Crippen LogP contribution >= 0.6 is 0 Å². The summed E-state index contributed by atoms with van der Waals surface area (Å²) in [6, 6.07) is 11.2. The van der Waals surface area contributed by atoms with Crippen LogP contribution in [-0.4, -0.2) is 16.2 Å². The molecule has 0 aliphatic carbocycles. The Morgan fingerprint density at radius 1 is 1.04 bits per heavy atom. The number of hydrogen-bond donors (Lipinski definition) is 0. The minimum atomic E-state index is -4.47. The number of ether oxygens (including phenoxy) is 1. The second-order valence-corrected chi connectivity index (χ2v) is 5.93. The third kappa shape index (κ3) is 4.33. The lowest BCUT2D eigenvalue weighted by Gasteiger charge is -2.10. The monoisotopic (exact) mass is 376 g/mol. The number of halogens is 3. The van der Waals surface area contributed by atoms with Gasteiger partial charge >= 0.3 is 12.1 Å². The van der Waals surface area contributed by atoms with Gasteiger partial charge in [0.25, 0.3) is 5.89 Å². The second kappa shape index (κ2) is 7.22. The largest absolute Gasteiger partial charge is 0.449 e. The van der Waals surface area contributed by atoms with Crippen molar-refractivity contribution in [2.45, 2.75) is 26.1 Å². The van der Waals surface area contributed by atoms with Crippen LogP contribution in [0.4, 0.5) is 13.2 Å². The van der Waals surface area contributed by atoms with Crippen LogP contribution in [-0.2, 0) is 10.9 Å². The highest BCUT2D eigenvalue weighted by Gasteiger charge is 2.30. The first kappa shape index (κ1) is 18.6. The Morgan fingerprint density at radius 3 is 2.26 bits per heavy atom. The molecule has 0 unspecified atom stereocenters. The topological polar surface area (TPSA) is 65.2 Å². The number of esters is 1. The first-order chi connectivity index (χ1) is 12.7. The van der Waals surface area contributed by atoms with Gasteiger partial charge in [0, 0.05) is 5.56 Å². The van der Waals surface area contributed by atoms with Gasteiger partial charge in [-0.2, -0.15) is 13.2 Å². The molecule has 0 saturated carbocycles. The molecule has 1 atom stereocenters. The van der Waals surface area contributed by atoms with E-state index in [-0.39, 0.29) is 17.3 Å². The number of carbonyl (C=O) groups excluding carboxylic acids is 1. The maximum absolute atomic E-state index is 12.6. The quantitative estimate of drug-likeness (QED) is 0.601. The number of aromatic nitrogens is 2. The lowest BCUT2D eigenvalue weighted by atomic mass is 10.1. The van der Waals surface area contributed by atoms with Crippen LogP contribution in [0.2, 0.25) is 0 Å². The van der Waals surface area contributed by atoms with Crippen LogP contribution in [0.3, 0.4) is 0 Å². The molecule has 1 aromatic heterocycles. The van der Waals surface area contributed by atoms with E-state index < -0.39 is 23.8 Å². The standard InChI is InChI=1S/C19H15F3N2O3/c1-11-3-5-13(6-4-11)17-24-23-16(27-17)12(2)26-18(25)14-7-9-15(10-8-14)19(20,21)22/h3-10,12H,1-2H3/t12-/m1/s1. The fourth-order valence-electron chi connectivity index (χ4n) is 2.29. The molecular weight excluding hydrogens is 361 g/mol. The number of carbonyl (C=O) groups is 1. The minimum Gasteiger partial charge on any atom is -0.449 e. The van der Waals surface area contributed by atoms with Gasteiger partial charge in [-0.3, -0.25) is 0 Å². The highest BCUT2D eigenvalue weighted by Crippen LogP contribution is 2.29. The number of nitrogens with zero attached hydrogens (tertiary/aromatic N) is 2. The van der Waals surface area contributed by atoms with E-state index in [0.29, 0.717) is 0 Å². The summed E-state index contributed by atoms with van der Waals surface area (Å²) in [5.74, 6) is -0.417. The summed E-state index contributed by atoms with van der Waals surface area (Å²) in [6.07, 6.45) is -5.32. The molecule has 8 heteroatoms. The normalized spacial score (nSPS) is 12.6. The van der Waals surface area contributed by atoms with E-state index in [4.69, 9.17) is 9.15 Å². The molecule has 3 rings (SSSR count). The summed E-state index contributed by atoms with van der Waals surface area (Å²) in [5, 5.41) is 7.79. The van der Waals surface area contributed by atoms with Crippen LogP contribution < -0.4 is 0 Å². The molecule has 2 aromatic carbocycles. The number of aryl methyl sites for hydroxylation is 1. The van der Waals surface area contributed by atoms with E-state index in [1.165, 1.54) is 6.92 Å². The van der Waals surface area contributed by atoms with Crippen LogP contribution in [0, 0.1) is 6.92 Å². The predicted octanol–water partition coefficient (Wildman–Crippen LogP) is 4.98. The molecule has 0 bridgehead atoms. The van der Waals surface area contributed by atoms with E-state index in [0.717, 1.165) is 35.4 Å². The first-order valence-corrected chi connectivity index (χ1v) is 8.03. The average molecular weight is 376 g/mol. The molecule has 0 spiro atoms. The second-order valence-electron chi connectivity index (χ2n) is 5.93. The molecule has 0 N–H and O–H groups in total. The molecule has 0 radical (unpaired) electrons. The number of rotatable bonds is 4. The molecule has 3 aromatic rings. The third-order valence-corrected chi connectivity index (χ3v) is 3.82. The van der Waals surface area contributed by atoms with Crippen molar-refractivity contribution >= 4 is 5.97 Å². The Bertz CT molecular complexity index is 932. The maximum atomic E-state index is 12.6. The van der Waals surface area contributed by atoms with Gasteiger partial charge in [-0.25, -0.2) is 4.79 Å². The van der Waals surface area contributed by atoms with Gasteiger partial charge in [0.05, 0.1) is 11.1 Å². The third-order valence-electron chi connectivity index (χ3n) is 3.82. The highest BCUT2D eigenvalue weighted by atomic mass is 19.4. The van der Waals surface area contributed by atoms with Gasteiger partial charge in [0.1, 0.15) is 0 Å². The highest BCUT2D eigenvalue weighted by molar-refractivity contribution is 5.89. The molecule has 140 valence electrons. The van der Waals surface area contributed by atoms with Gasteiger partial charge in [0.2, 0.25) is 5.89 Å². The molecule has 5 nitrogen and oxygen atoms in total. The summed E-state index contributed by atoms with van der Waals surface area (Å²) in [6.45, 7) is 3.49. The zero-order chi connectivity index (χ0) is 19.6. The molecule has 0 saturated heterocycles. The van der Waals surface area contributed by atoms with E-state index in [9.17, 15) is 18.0 Å². The van der Waals surface area contributed by atoms with Crippen LogP contribution in [0.25, 0.3) is 11.5 Å². The Hall–Kier alpha value is -3.16. The zero-order valence-corrected chi connectivity index (χ0v) is 14.4. The van der Waals surface area contributed by atoms with Crippen molar-refractivity contribution in [3.05, 3.63) is 71.1 Å². The van der Waals surface area contributed by atoms with Crippen molar-refractivity contribution in [3.63, 3.8) is 0 Å². The SMILES string of the molecule is Cc1ccc(-c2nnc([C@@H](C)OC(=O)c3ccc(C(F)(F)F)cc3)o2)cc1. The maximum Gasteiger partial charge on any atom is 0.416 e. The van der Waals surface area contributed by atoms with E-state index in [1.807, 2.05) is 31.2 Å². The Labute approximate surface area is 152 Å². The Morgan fingerprint density at radius 2 is 1.67 bits per heavy atom. The van der Waals surface area contributed by atoms with Crippen LogP contribution in [0.1, 0.15) is 40.4 Å². The van der Waals surface area contributed by atoms with Crippen LogP contribution in [0.15, 0.2) is 52.9 Å². The van der Waals surface area contributed by atoms with Gasteiger partial charge in [0.15, 0.2) is 6.10 Å². The fraction of sp³-hybridized carbons (Fsp3) is 0.211. The van der Waals surface area contributed by atoms with E-state index in [2.05, 4.69) is 10.2 Å². The minimum absolute atomic E-state index is 0.00637. The lowest BCUT2D eigenvalue weighted by molar-refractivity contribution is -0.137. The van der Waals surface area contributed by atoms with Crippen molar-refractivity contribution in [2.75, 3.05) is 0 Å². The summed E-state index contributed by atoms with van der Waals surface area (Å²) >= 11 is 0. The summed E-state index contributed by atoms with van der Waals surface area (Å²) < 4.78 is 48.4. The molecule has 27 heavy (non-hydrogen) atoms. The molecule has 0 aliphatic rings. The smallest absolute Gasteiger partial charge is 0.416 e.